The Hall–Kier alpha value is -1.67. The maximum absolute atomic E-state index is 13.2. The molecule has 0 aliphatic carbocycles. The highest BCUT2D eigenvalue weighted by Crippen LogP contribution is 2.24. The molecule has 0 saturated carbocycles. The molecular weight excluding hydrogens is 1000 g/mol. The molecule has 80 heavy (non-hydrogen) atoms. The Morgan fingerprint density at radius 3 is 1.11 bits per heavy atom. The monoisotopic (exact) mass is 1130 g/mol. The minimum absolute atomic E-state index is 0.246. The van der Waals surface area contributed by atoms with Gasteiger partial charge in [0.05, 0.1) is 25.4 Å². The van der Waals surface area contributed by atoms with Crippen LogP contribution in [-0.2, 0) is 14.3 Å². The van der Waals surface area contributed by atoms with Crippen LogP contribution in [0.2, 0.25) is 0 Å². The zero-order valence-electron chi connectivity index (χ0n) is 52.1. The fourth-order valence-corrected chi connectivity index (χ4v) is 11.1. The zero-order valence-corrected chi connectivity index (χ0v) is 52.1. The smallest absolute Gasteiger partial charge is 0.249 e. The first-order chi connectivity index (χ1) is 39.2. The van der Waals surface area contributed by atoms with Crippen LogP contribution in [0, 0.1) is 0 Å². The van der Waals surface area contributed by atoms with Gasteiger partial charge < -0.3 is 50.5 Å². The number of aliphatic hydroxyl groups is 7. The highest BCUT2D eigenvalue weighted by atomic mass is 16.7. The average molecular weight is 1130 g/mol. The first-order valence-electron chi connectivity index (χ1n) is 34.4. The summed E-state index contributed by atoms with van der Waals surface area (Å²) in [6.45, 7) is 3.48. The summed E-state index contributed by atoms with van der Waals surface area (Å²) in [5.41, 5.74) is 0. The van der Waals surface area contributed by atoms with Gasteiger partial charge in [-0.1, -0.05) is 288 Å². The average Bonchev–Trinajstić information content (AvgIpc) is 3.46. The molecule has 11 nitrogen and oxygen atoms in total. The number of hydrogen-bond donors (Lipinski definition) is 8. The summed E-state index contributed by atoms with van der Waals surface area (Å²) in [4.78, 5) is 13.2. The van der Waals surface area contributed by atoms with Crippen molar-refractivity contribution in [3.8, 4) is 0 Å². The molecule has 1 saturated heterocycles. The van der Waals surface area contributed by atoms with E-state index in [0.717, 1.165) is 44.9 Å². The van der Waals surface area contributed by atoms with E-state index in [1.165, 1.54) is 238 Å². The Kier molecular flexibility index (Phi) is 55.1. The second kappa shape index (κ2) is 57.7. The molecular formula is C69H131NO10. The fourth-order valence-electron chi connectivity index (χ4n) is 11.1. The molecule has 1 amide bonds. The summed E-state index contributed by atoms with van der Waals surface area (Å²) in [5.74, 6) is -0.710. The predicted molar refractivity (Wildman–Crippen MR) is 335 cm³/mol. The molecule has 11 heteroatoms. The highest BCUT2D eigenvalue weighted by molar-refractivity contribution is 5.80. The summed E-state index contributed by atoms with van der Waals surface area (Å²) in [6.07, 6.45) is 62.3. The third-order valence-corrected chi connectivity index (χ3v) is 16.6. The molecule has 1 aliphatic heterocycles. The molecule has 0 aromatic carbocycles. The van der Waals surface area contributed by atoms with Crippen LogP contribution >= 0.6 is 0 Å². The van der Waals surface area contributed by atoms with Crippen molar-refractivity contribution in [2.75, 3.05) is 13.2 Å². The van der Waals surface area contributed by atoms with Crippen LogP contribution in [0.15, 0.2) is 36.5 Å². The van der Waals surface area contributed by atoms with E-state index in [9.17, 15) is 40.5 Å². The van der Waals surface area contributed by atoms with E-state index >= 15 is 0 Å². The molecule has 0 aromatic rings. The molecule has 0 spiro atoms. The fraction of sp³-hybridized carbons (Fsp3) is 0.899. The van der Waals surface area contributed by atoms with Crippen molar-refractivity contribution in [2.45, 2.75) is 384 Å². The minimum Gasteiger partial charge on any atom is -0.394 e. The molecule has 1 fully saturated rings. The summed E-state index contributed by atoms with van der Waals surface area (Å²) >= 11 is 0. The lowest BCUT2D eigenvalue weighted by atomic mass is 9.98. The van der Waals surface area contributed by atoms with Gasteiger partial charge in [-0.25, -0.2) is 0 Å². The van der Waals surface area contributed by atoms with Gasteiger partial charge in [0, 0.05) is 0 Å². The highest BCUT2D eigenvalue weighted by Gasteiger charge is 2.44. The lowest BCUT2D eigenvalue weighted by Gasteiger charge is -2.40. The number of unbranched alkanes of at least 4 members (excludes halogenated alkanes) is 42. The van der Waals surface area contributed by atoms with Gasteiger partial charge in [-0.15, -0.1) is 0 Å². The Morgan fingerprint density at radius 2 is 0.750 bits per heavy atom. The lowest BCUT2D eigenvalue weighted by Crippen LogP contribution is -2.60. The summed E-state index contributed by atoms with van der Waals surface area (Å²) in [6, 6.07) is -1.19. The van der Waals surface area contributed by atoms with E-state index in [1.807, 2.05) is 0 Å². The van der Waals surface area contributed by atoms with Crippen molar-refractivity contribution in [2.24, 2.45) is 0 Å². The van der Waals surface area contributed by atoms with Gasteiger partial charge >= 0.3 is 0 Å². The molecule has 9 atom stereocenters. The molecule has 8 N–H and O–H groups in total. The lowest BCUT2D eigenvalue weighted by molar-refractivity contribution is -0.303. The molecule has 0 aromatic heterocycles. The topological polar surface area (TPSA) is 189 Å². The number of ether oxygens (including phenoxy) is 2. The van der Waals surface area contributed by atoms with Gasteiger partial charge in [0.25, 0.3) is 0 Å². The quantitative estimate of drug-likeness (QED) is 0.0215. The van der Waals surface area contributed by atoms with Gasteiger partial charge in [0.2, 0.25) is 5.91 Å². The van der Waals surface area contributed by atoms with E-state index < -0.39 is 74.2 Å². The first-order valence-corrected chi connectivity index (χ1v) is 34.4. The van der Waals surface area contributed by atoms with E-state index in [2.05, 4.69) is 55.6 Å². The van der Waals surface area contributed by atoms with Crippen molar-refractivity contribution in [3.05, 3.63) is 36.5 Å². The van der Waals surface area contributed by atoms with Crippen molar-refractivity contribution in [3.63, 3.8) is 0 Å². The van der Waals surface area contributed by atoms with Crippen LogP contribution < -0.4 is 5.32 Å². The first kappa shape index (κ1) is 76.3. The second-order valence-corrected chi connectivity index (χ2v) is 24.2. The van der Waals surface area contributed by atoms with Crippen LogP contribution in [0.1, 0.15) is 328 Å². The van der Waals surface area contributed by atoms with Crippen molar-refractivity contribution in [1.82, 2.24) is 5.32 Å². The molecule has 1 rings (SSSR count). The zero-order chi connectivity index (χ0) is 58.2. The van der Waals surface area contributed by atoms with Gasteiger partial charge in [0.15, 0.2) is 6.29 Å². The van der Waals surface area contributed by atoms with Gasteiger partial charge in [-0.05, 0) is 77.0 Å². The number of carbonyl (C=O) groups excluding carboxylic acids is 1. The number of allylic oxidation sites excluding steroid dienone is 6. The van der Waals surface area contributed by atoms with E-state index in [-0.39, 0.29) is 12.8 Å². The van der Waals surface area contributed by atoms with Crippen molar-refractivity contribution < 1.29 is 50.0 Å². The predicted octanol–water partition coefficient (Wildman–Crippen LogP) is 16.2. The van der Waals surface area contributed by atoms with E-state index in [4.69, 9.17) is 9.47 Å². The maximum atomic E-state index is 13.2. The largest absolute Gasteiger partial charge is 0.394 e. The molecule has 0 radical (unpaired) electrons. The summed E-state index contributed by atoms with van der Waals surface area (Å²) < 4.78 is 11.2. The molecule has 9 unspecified atom stereocenters. The minimum atomic E-state index is -1.67. The number of nitrogens with one attached hydrogen (secondary N) is 1. The standard InChI is InChI=1S/C69H131NO10/c1-3-5-7-9-11-13-15-17-19-21-23-25-27-28-29-30-31-32-33-35-36-38-40-42-44-46-48-50-52-54-56-61(72)64(74)60(59-79-69-67(77)66(76)65(75)63(58-71)80-69)70-68(78)62(73)57-55-53-51-49-47-45-43-41-39-37-34-26-24-22-20-18-16-14-12-10-8-6-4-2/h37,39-40,42,48,50,60-67,69,71-77H,3-36,38,41,43-47,49,51-59H2,1-2H3,(H,70,78)/b39-37-,42-40+,50-48+. The maximum Gasteiger partial charge on any atom is 0.249 e. The molecule has 472 valence electrons. The second-order valence-electron chi connectivity index (χ2n) is 24.2. The summed E-state index contributed by atoms with van der Waals surface area (Å²) in [7, 11) is 0. The molecule has 0 bridgehead atoms. The summed E-state index contributed by atoms with van der Waals surface area (Å²) in [5, 5.41) is 76.4. The van der Waals surface area contributed by atoms with Crippen LogP contribution in [0.5, 0.6) is 0 Å². The molecule has 1 aliphatic rings. The van der Waals surface area contributed by atoms with E-state index in [1.54, 1.807) is 0 Å². The SMILES string of the molecule is CCCCCCCCCCCCCC/C=C\CCCCCCCCCC(O)C(=O)NC(COC1OC(CO)C(O)C(O)C1O)C(O)C(O)CCC/C=C/CC/C=C/CCCCCCCCCCCCCCCCCCCCCCC. The Labute approximate surface area is 492 Å². The Balaban J connectivity index is 2.25. The number of carbonyl (C=O) groups is 1. The number of rotatable bonds is 60. The third-order valence-electron chi connectivity index (χ3n) is 16.6. The van der Waals surface area contributed by atoms with Crippen molar-refractivity contribution in [1.29, 1.82) is 0 Å². The van der Waals surface area contributed by atoms with Crippen LogP contribution in [-0.4, -0.2) is 110 Å². The van der Waals surface area contributed by atoms with Gasteiger partial charge in [-0.3, -0.25) is 4.79 Å². The van der Waals surface area contributed by atoms with Crippen LogP contribution in [0.3, 0.4) is 0 Å². The van der Waals surface area contributed by atoms with Crippen molar-refractivity contribution >= 4 is 5.91 Å². The third kappa shape index (κ3) is 44.8. The van der Waals surface area contributed by atoms with Gasteiger partial charge in [0.1, 0.15) is 36.6 Å². The molecule has 1 heterocycles. The van der Waals surface area contributed by atoms with E-state index in [0.29, 0.717) is 19.3 Å². The number of hydrogen-bond acceptors (Lipinski definition) is 10. The van der Waals surface area contributed by atoms with Crippen LogP contribution in [0.25, 0.3) is 0 Å². The normalized spacial score (nSPS) is 19.4. The Morgan fingerprint density at radius 1 is 0.425 bits per heavy atom. The number of amides is 1. The van der Waals surface area contributed by atoms with Gasteiger partial charge in [-0.2, -0.15) is 0 Å². The number of aliphatic hydroxyl groups excluding tert-OH is 7. The Bertz CT molecular complexity index is 1390. The van der Waals surface area contributed by atoms with Crippen LogP contribution in [0.4, 0.5) is 0 Å².